The minimum absolute atomic E-state index is 0.0505. The first kappa shape index (κ1) is 18.5. The maximum absolute atomic E-state index is 11.9. The van der Waals surface area contributed by atoms with E-state index in [1.165, 1.54) is 44.9 Å². The maximum atomic E-state index is 11.9. The van der Waals surface area contributed by atoms with E-state index in [1.54, 1.807) is 0 Å². The van der Waals surface area contributed by atoms with Crippen LogP contribution in [0.1, 0.15) is 86.0 Å². The van der Waals surface area contributed by atoms with E-state index in [2.05, 4.69) is 13.8 Å². The Morgan fingerprint density at radius 1 is 1.00 bits per heavy atom. The van der Waals surface area contributed by atoms with Gasteiger partial charge in [-0.25, -0.2) is 0 Å². The monoisotopic (exact) mass is 270 g/mol. The van der Waals surface area contributed by atoms with Crippen molar-refractivity contribution in [2.24, 2.45) is 11.3 Å². The second-order valence-electron chi connectivity index (χ2n) is 6.25. The molecule has 0 N–H and O–H groups in total. The average Bonchev–Trinajstić information content (AvgIpc) is 2.37. The molecule has 0 radical (unpaired) electrons. The highest BCUT2D eigenvalue weighted by molar-refractivity contribution is 5.76. The van der Waals surface area contributed by atoms with E-state index < -0.39 is 0 Å². The lowest BCUT2D eigenvalue weighted by atomic mass is 9.77. The smallest absolute Gasteiger partial charge is 0.311 e. The minimum Gasteiger partial charge on any atom is -0.466 e. The summed E-state index contributed by atoms with van der Waals surface area (Å²) in [6.07, 6.45) is 10.4. The molecular weight excluding hydrogens is 236 g/mol. The average molecular weight is 270 g/mol. The van der Waals surface area contributed by atoms with E-state index in [0.717, 1.165) is 6.42 Å². The van der Waals surface area contributed by atoms with Gasteiger partial charge in [0.1, 0.15) is 0 Å². The second kappa shape index (κ2) is 10.3. The first-order valence-corrected chi connectivity index (χ1v) is 8.14. The molecule has 0 aliphatic rings. The summed E-state index contributed by atoms with van der Waals surface area (Å²) in [6, 6.07) is 0. The van der Waals surface area contributed by atoms with Gasteiger partial charge in [-0.2, -0.15) is 0 Å². The number of carbonyl (C=O) groups excluding carboxylic acids is 1. The fourth-order valence-corrected chi connectivity index (χ4v) is 2.29. The summed E-state index contributed by atoms with van der Waals surface area (Å²) < 4.78 is 5.16. The SMILES string of the molecule is CCCCCCCCCC(C)C(C)(C)C(=O)OCC. The molecule has 0 aromatic carbocycles. The predicted molar refractivity (Wildman–Crippen MR) is 82.2 cm³/mol. The van der Waals surface area contributed by atoms with Gasteiger partial charge < -0.3 is 4.74 Å². The molecule has 0 aliphatic heterocycles. The van der Waals surface area contributed by atoms with Crippen LogP contribution in [0.25, 0.3) is 0 Å². The van der Waals surface area contributed by atoms with Crippen molar-refractivity contribution in [3.05, 3.63) is 0 Å². The molecule has 0 aromatic heterocycles. The molecule has 0 rings (SSSR count). The summed E-state index contributed by atoms with van der Waals surface area (Å²) >= 11 is 0. The van der Waals surface area contributed by atoms with E-state index in [4.69, 9.17) is 4.74 Å². The highest BCUT2D eigenvalue weighted by Crippen LogP contribution is 2.32. The van der Waals surface area contributed by atoms with Gasteiger partial charge in [-0.3, -0.25) is 4.79 Å². The predicted octanol–water partition coefficient (Wildman–Crippen LogP) is 5.35. The largest absolute Gasteiger partial charge is 0.466 e. The van der Waals surface area contributed by atoms with Crippen LogP contribution in [-0.2, 0) is 9.53 Å². The first-order chi connectivity index (χ1) is 8.96. The highest BCUT2D eigenvalue weighted by Gasteiger charge is 2.34. The van der Waals surface area contributed by atoms with Crippen molar-refractivity contribution in [2.45, 2.75) is 86.0 Å². The minimum atomic E-state index is -0.349. The number of carbonyl (C=O) groups is 1. The standard InChI is InChI=1S/C17H34O2/c1-6-8-9-10-11-12-13-14-15(3)17(4,5)16(18)19-7-2/h15H,6-14H2,1-5H3. The van der Waals surface area contributed by atoms with Gasteiger partial charge in [0.2, 0.25) is 0 Å². The third-order valence-corrected chi connectivity index (χ3v) is 4.27. The van der Waals surface area contributed by atoms with Crippen LogP contribution in [0, 0.1) is 11.3 Å². The van der Waals surface area contributed by atoms with Crippen LogP contribution in [0.15, 0.2) is 0 Å². The van der Waals surface area contributed by atoms with Crippen LogP contribution in [0.4, 0.5) is 0 Å². The van der Waals surface area contributed by atoms with Crippen molar-refractivity contribution in [3.8, 4) is 0 Å². The van der Waals surface area contributed by atoms with Crippen molar-refractivity contribution in [1.29, 1.82) is 0 Å². The molecule has 19 heavy (non-hydrogen) atoms. The van der Waals surface area contributed by atoms with Crippen LogP contribution in [0.5, 0.6) is 0 Å². The Morgan fingerprint density at radius 3 is 2.05 bits per heavy atom. The molecule has 2 nitrogen and oxygen atoms in total. The highest BCUT2D eigenvalue weighted by atomic mass is 16.5. The summed E-state index contributed by atoms with van der Waals surface area (Å²) in [5.74, 6) is 0.340. The number of hydrogen-bond acceptors (Lipinski definition) is 2. The molecule has 0 aromatic rings. The maximum Gasteiger partial charge on any atom is 0.311 e. The normalized spacial score (nSPS) is 13.3. The molecule has 1 atom stereocenters. The lowest BCUT2D eigenvalue weighted by molar-refractivity contribution is -0.156. The lowest BCUT2D eigenvalue weighted by Crippen LogP contribution is -2.33. The van der Waals surface area contributed by atoms with Crippen molar-refractivity contribution in [2.75, 3.05) is 6.61 Å². The topological polar surface area (TPSA) is 26.3 Å². The zero-order valence-corrected chi connectivity index (χ0v) is 13.8. The summed E-state index contributed by atoms with van der Waals surface area (Å²) in [6.45, 7) is 10.8. The molecule has 0 heterocycles. The van der Waals surface area contributed by atoms with Crippen LogP contribution < -0.4 is 0 Å². The van der Waals surface area contributed by atoms with Gasteiger partial charge in [-0.1, -0.05) is 58.8 Å². The van der Waals surface area contributed by atoms with Crippen molar-refractivity contribution < 1.29 is 9.53 Å². The molecule has 2 heteroatoms. The van der Waals surface area contributed by atoms with E-state index >= 15 is 0 Å². The van der Waals surface area contributed by atoms with Gasteiger partial charge in [0.05, 0.1) is 12.0 Å². The molecule has 0 amide bonds. The third kappa shape index (κ3) is 7.59. The number of ether oxygens (including phenoxy) is 1. The van der Waals surface area contributed by atoms with E-state index in [0.29, 0.717) is 12.5 Å². The Bertz CT molecular complexity index is 233. The molecule has 114 valence electrons. The fraction of sp³-hybridized carbons (Fsp3) is 0.941. The van der Waals surface area contributed by atoms with Crippen LogP contribution in [-0.4, -0.2) is 12.6 Å². The number of esters is 1. The number of hydrogen-bond donors (Lipinski definition) is 0. The number of unbranched alkanes of at least 4 members (excludes halogenated alkanes) is 6. The molecule has 0 spiro atoms. The van der Waals surface area contributed by atoms with Crippen LogP contribution in [0.3, 0.4) is 0 Å². The molecule has 1 unspecified atom stereocenters. The molecule has 0 saturated heterocycles. The first-order valence-electron chi connectivity index (χ1n) is 8.14. The van der Waals surface area contributed by atoms with Gasteiger partial charge >= 0.3 is 5.97 Å². The summed E-state index contributed by atoms with van der Waals surface area (Å²) in [7, 11) is 0. The van der Waals surface area contributed by atoms with E-state index in [1.807, 2.05) is 20.8 Å². The van der Waals surface area contributed by atoms with E-state index in [-0.39, 0.29) is 11.4 Å². The van der Waals surface area contributed by atoms with E-state index in [9.17, 15) is 4.79 Å². The Labute approximate surface area is 120 Å². The quantitative estimate of drug-likeness (QED) is 0.373. The van der Waals surface area contributed by atoms with Gasteiger partial charge in [0.15, 0.2) is 0 Å². The Hall–Kier alpha value is -0.530. The third-order valence-electron chi connectivity index (χ3n) is 4.27. The fourth-order valence-electron chi connectivity index (χ4n) is 2.29. The molecule has 0 bridgehead atoms. The summed E-state index contributed by atoms with van der Waals surface area (Å²) in [4.78, 5) is 11.9. The summed E-state index contributed by atoms with van der Waals surface area (Å²) in [5.41, 5.74) is -0.349. The zero-order valence-electron chi connectivity index (χ0n) is 13.8. The second-order valence-corrected chi connectivity index (χ2v) is 6.25. The Balaban J connectivity index is 3.78. The van der Waals surface area contributed by atoms with Crippen molar-refractivity contribution in [3.63, 3.8) is 0 Å². The number of rotatable bonds is 11. The van der Waals surface area contributed by atoms with Gasteiger partial charge in [-0.05, 0) is 33.1 Å². The van der Waals surface area contributed by atoms with Crippen LogP contribution >= 0.6 is 0 Å². The lowest BCUT2D eigenvalue weighted by Gasteiger charge is -2.29. The van der Waals surface area contributed by atoms with Crippen molar-refractivity contribution >= 4 is 5.97 Å². The van der Waals surface area contributed by atoms with Gasteiger partial charge in [-0.15, -0.1) is 0 Å². The molecular formula is C17H34O2. The van der Waals surface area contributed by atoms with Gasteiger partial charge in [0, 0.05) is 0 Å². The van der Waals surface area contributed by atoms with Crippen molar-refractivity contribution in [1.82, 2.24) is 0 Å². The molecule has 0 fully saturated rings. The Kier molecular flexibility index (Phi) is 9.99. The Morgan fingerprint density at radius 2 is 1.53 bits per heavy atom. The zero-order chi connectivity index (χ0) is 14.7. The molecule has 0 aliphatic carbocycles. The summed E-state index contributed by atoms with van der Waals surface area (Å²) in [5, 5.41) is 0. The van der Waals surface area contributed by atoms with Gasteiger partial charge in [0.25, 0.3) is 0 Å². The van der Waals surface area contributed by atoms with Crippen LogP contribution in [0.2, 0.25) is 0 Å². The molecule has 0 saturated carbocycles.